The van der Waals surface area contributed by atoms with Crippen LogP contribution in [-0.2, 0) is 0 Å². The van der Waals surface area contributed by atoms with Gasteiger partial charge in [-0.2, -0.15) is 0 Å². The molecule has 1 aromatic heterocycles. The summed E-state index contributed by atoms with van der Waals surface area (Å²) in [5.74, 6) is -0.556. The van der Waals surface area contributed by atoms with Crippen LogP contribution in [0.15, 0.2) is 66.1 Å². The summed E-state index contributed by atoms with van der Waals surface area (Å²) in [4.78, 5) is 7.24. The van der Waals surface area contributed by atoms with Crippen LogP contribution in [0.3, 0.4) is 0 Å². The number of aromatic amines is 1. The number of H-pyrrole nitrogens is 1. The molecule has 1 heterocycles. The monoisotopic (exact) mass is 302 g/mol. The van der Waals surface area contributed by atoms with Gasteiger partial charge in [-0.3, -0.25) is 0 Å². The van der Waals surface area contributed by atoms with E-state index in [-0.39, 0.29) is 16.9 Å². The average molecular weight is 302 g/mol. The summed E-state index contributed by atoms with van der Waals surface area (Å²) in [6.07, 6.45) is 3.42. The predicted octanol–water partition coefficient (Wildman–Crippen LogP) is 4.57. The third-order valence-electron chi connectivity index (χ3n) is 3.05. The molecule has 2 nitrogen and oxygen atoms in total. The van der Waals surface area contributed by atoms with Crippen LogP contribution < -0.4 is 0 Å². The van der Waals surface area contributed by atoms with Crippen molar-refractivity contribution < 1.29 is 8.78 Å². The molecule has 3 aromatic rings. The van der Waals surface area contributed by atoms with Gasteiger partial charge >= 0.3 is 0 Å². The molecule has 0 aliphatic heterocycles. The summed E-state index contributed by atoms with van der Waals surface area (Å²) in [6.45, 7) is 0. The second kappa shape index (κ2) is 6.10. The lowest BCUT2D eigenvalue weighted by Gasteiger charge is -2.16. The Bertz CT molecular complexity index is 649. The van der Waals surface area contributed by atoms with Crippen molar-refractivity contribution in [1.82, 2.24) is 9.97 Å². The van der Waals surface area contributed by atoms with Gasteiger partial charge in [0, 0.05) is 12.4 Å². The van der Waals surface area contributed by atoms with Gasteiger partial charge in [-0.05, 0) is 35.4 Å². The molecule has 106 valence electrons. The van der Waals surface area contributed by atoms with E-state index in [1.54, 1.807) is 36.7 Å². The van der Waals surface area contributed by atoms with E-state index in [1.165, 1.54) is 36.0 Å². The highest BCUT2D eigenvalue weighted by molar-refractivity contribution is 7.99. The number of hydrogen-bond acceptors (Lipinski definition) is 2. The van der Waals surface area contributed by atoms with Crippen LogP contribution in [0.2, 0.25) is 0 Å². The largest absolute Gasteiger partial charge is 0.340 e. The number of imidazole rings is 1. The smallest absolute Gasteiger partial charge is 0.166 e. The first-order chi connectivity index (χ1) is 10.2. The second-order valence-electron chi connectivity index (χ2n) is 4.50. The summed E-state index contributed by atoms with van der Waals surface area (Å²) in [5, 5.41) is 0.672. The maximum atomic E-state index is 13.1. The van der Waals surface area contributed by atoms with Gasteiger partial charge in [-0.1, -0.05) is 36.0 Å². The third kappa shape index (κ3) is 3.31. The van der Waals surface area contributed by atoms with Crippen molar-refractivity contribution in [3.05, 3.63) is 83.7 Å². The number of nitrogens with one attached hydrogen (secondary N) is 1. The number of aromatic nitrogens is 2. The Balaban J connectivity index is 1.97. The maximum Gasteiger partial charge on any atom is 0.166 e. The number of hydrogen-bond donors (Lipinski definition) is 1. The van der Waals surface area contributed by atoms with Gasteiger partial charge in [0.15, 0.2) is 5.16 Å². The van der Waals surface area contributed by atoms with Crippen LogP contribution in [0.25, 0.3) is 0 Å². The van der Waals surface area contributed by atoms with Crippen molar-refractivity contribution in [3.63, 3.8) is 0 Å². The van der Waals surface area contributed by atoms with Crippen LogP contribution >= 0.6 is 11.8 Å². The van der Waals surface area contributed by atoms with Gasteiger partial charge in [0.1, 0.15) is 11.6 Å². The highest BCUT2D eigenvalue weighted by atomic mass is 32.2. The molecular formula is C16H12F2N2S. The van der Waals surface area contributed by atoms with Gasteiger partial charge in [-0.15, -0.1) is 0 Å². The zero-order valence-electron chi connectivity index (χ0n) is 11.0. The summed E-state index contributed by atoms with van der Waals surface area (Å²) in [7, 11) is 0. The standard InChI is InChI=1S/C16H12F2N2S/c17-13-5-1-11(2-6-13)15(21-16-19-9-10-20-16)12-3-7-14(18)8-4-12/h1-10,15H,(H,19,20). The van der Waals surface area contributed by atoms with E-state index in [4.69, 9.17) is 0 Å². The van der Waals surface area contributed by atoms with Gasteiger partial charge in [-0.25, -0.2) is 13.8 Å². The van der Waals surface area contributed by atoms with Crippen LogP contribution in [0.4, 0.5) is 8.78 Å². The first-order valence-corrected chi connectivity index (χ1v) is 7.27. The van der Waals surface area contributed by atoms with Crippen molar-refractivity contribution in [3.8, 4) is 0 Å². The summed E-state index contributed by atoms with van der Waals surface area (Å²) in [6, 6.07) is 12.6. The van der Waals surface area contributed by atoms with Crippen molar-refractivity contribution in [2.75, 3.05) is 0 Å². The van der Waals surface area contributed by atoms with E-state index in [9.17, 15) is 8.78 Å². The van der Waals surface area contributed by atoms with E-state index >= 15 is 0 Å². The minimum Gasteiger partial charge on any atom is -0.340 e. The molecule has 0 aliphatic rings. The molecule has 0 amide bonds. The van der Waals surface area contributed by atoms with E-state index in [1.807, 2.05) is 0 Å². The topological polar surface area (TPSA) is 28.7 Å². The fraction of sp³-hybridized carbons (Fsp3) is 0.0625. The minimum atomic E-state index is -0.278. The SMILES string of the molecule is Fc1ccc(C(Sc2ncc[nH]2)c2ccc(F)cc2)cc1. The number of benzene rings is 2. The zero-order chi connectivity index (χ0) is 14.7. The van der Waals surface area contributed by atoms with Crippen molar-refractivity contribution >= 4 is 11.8 Å². The molecule has 0 unspecified atom stereocenters. The van der Waals surface area contributed by atoms with Gasteiger partial charge in [0.25, 0.3) is 0 Å². The molecule has 3 rings (SSSR count). The minimum absolute atomic E-state index is 0.0858. The second-order valence-corrected chi connectivity index (χ2v) is 5.59. The molecule has 0 saturated heterocycles. The molecule has 0 bridgehead atoms. The molecule has 0 spiro atoms. The van der Waals surface area contributed by atoms with Crippen molar-refractivity contribution in [2.45, 2.75) is 10.4 Å². The molecule has 0 fully saturated rings. The Labute approximate surface area is 125 Å². The van der Waals surface area contributed by atoms with E-state index < -0.39 is 0 Å². The number of thioether (sulfide) groups is 1. The highest BCUT2D eigenvalue weighted by Gasteiger charge is 2.17. The molecule has 0 aliphatic carbocycles. The number of halogens is 2. The Hall–Kier alpha value is -2.14. The first-order valence-electron chi connectivity index (χ1n) is 6.39. The van der Waals surface area contributed by atoms with E-state index in [2.05, 4.69) is 9.97 Å². The molecule has 1 N–H and O–H groups in total. The highest BCUT2D eigenvalue weighted by Crippen LogP contribution is 2.38. The molecule has 5 heteroatoms. The first kappa shape index (κ1) is 13.8. The van der Waals surface area contributed by atoms with Gasteiger partial charge in [0.2, 0.25) is 0 Å². The lowest BCUT2D eigenvalue weighted by molar-refractivity contribution is 0.626. The van der Waals surface area contributed by atoms with Crippen LogP contribution in [0.5, 0.6) is 0 Å². The third-order valence-corrected chi connectivity index (χ3v) is 4.27. The van der Waals surface area contributed by atoms with Gasteiger partial charge in [0.05, 0.1) is 5.25 Å². The van der Waals surface area contributed by atoms with Crippen molar-refractivity contribution in [2.24, 2.45) is 0 Å². The molecular weight excluding hydrogens is 290 g/mol. The van der Waals surface area contributed by atoms with Crippen LogP contribution in [0.1, 0.15) is 16.4 Å². The maximum absolute atomic E-state index is 13.1. The van der Waals surface area contributed by atoms with E-state index in [0.717, 1.165) is 16.3 Å². The normalized spacial score (nSPS) is 11.0. The number of nitrogens with zero attached hydrogens (tertiary/aromatic N) is 1. The Kier molecular flexibility index (Phi) is 4.01. The number of rotatable bonds is 4. The van der Waals surface area contributed by atoms with Crippen molar-refractivity contribution in [1.29, 1.82) is 0 Å². The Morgan fingerprint density at radius 1 is 0.857 bits per heavy atom. The van der Waals surface area contributed by atoms with Gasteiger partial charge < -0.3 is 4.98 Å². The predicted molar refractivity (Wildman–Crippen MR) is 79.1 cm³/mol. The summed E-state index contributed by atoms with van der Waals surface area (Å²) < 4.78 is 26.2. The van der Waals surface area contributed by atoms with Crippen LogP contribution in [0, 0.1) is 11.6 Å². The molecule has 0 saturated carbocycles. The molecule has 0 atom stereocenters. The summed E-state index contributed by atoms with van der Waals surface area (Å²) >= 11 is 1.50. The summed E-state index contributed by atoms with van der Waals surface area (Å²) in [5.41, 5.74) is 1.87. The fourth-order valence-corrected chi connectivity index (χ4v) is 3.10. The lowest BCUT2D eigenvalue weighted by atomic mass is 10.0. The molecule has 21 heavy (non-hydrogen) atoms. The molecule has 2 aromatic carbocycles. The van der Waals surface area contributed by atoms with E-state index in [0.29, 0.717) is 0 Å². The Morgan fingerprint density at radius 2 is 1.38 bits per heavy atom. The average Bonchev–Trinajstić information content (AvgIpc) is 3.00. The Morgan fingerprint density at radius 3 is 1.81 bits per heavy atom. The quantitative estimate of drug-likeness (QED) is 0.715. The molecule has 0 radical (unpaired) electrons. The fourth-order valence-electron chi connectivity index (χ4n) is 2.03. The zero-order valence-corrected chi connectivity index (χ0v) is 11.8. The van der Waals surface area contributed by atoms with Crippen LogP contribution in [-0.4, -0.2) is 9.97 Å². The lowest BCUT2D eigenvalue weighted by Crippen LogP contribution is -1.98.